The van der Waals surface area contributed by atoms with E-state index in [1.54, 1.807) is 26.8 Å². The molecule has 0 atom stereocenters. The average molecular weight is 322 g/mol. The van der Waals surface area contributed by atoms with Crippen molar-refractivity contribution < 1.29 is 18.3 Å². The number of aromatic nitrogens is 1. The summed E-state index contributed by atoms with van der Waals surface area (Å²) in [4.78, 5) is 16.1. The van der Waals surface area contributed by atoms with Crippen LogP contribution in [0.4, 0.5) is 13.6 Å². The smallest absolute Gasteiger partial charge is 0.410 e. The first-order valence-electron chi connectivity index (χ1n) is 7.55. The molecule has 0 fully saturated rings. The fourth-order valence-electron chi connectivity index (χ4n) is 2.92. The van der Waals surface area contributed by atoms with E-state index in [1.807, 2.05) is 19.1 Å². The Hall–Kier alpha value is -2.11. The molecule has 6 heteroatoms. The van der Waals surface area contributed by atoms with Crippen molar-refractivity contribution in [2.45, 2.75) is 45.8 Å². The van der Waals surface area contributed by atoms with Gasteiger partial charge in [-0.3, -0.25) is 4.90 Å². The molecule has 0 radical (unpaired) electrons. The van der Waals surface area contributed by atoms with Crippen LogP contribution in [0.1, 0.15) is 37.6 Å². The van der Waals surface area contributed by atoms with E-state index in [0.29, 0.717) is 11.1 Å². The van der Waals surface area contributed by atoms with Gasteiger partial charge in [0.05, 0.1) is 18.8 Å². The first-order valence-corrected chi connectivity index (χ1v) is 7.55. The van der Waals surface area contributed by atoms with E-state index in [1.165, 1.54) is 0 Å². The summed E-state index contributed by atoms with van der Waals surface area (Å²) in [5, 5.41) is 0.730. The van der Waals surface area contributed by atoms with E-state index >= 15 is 0 Å². The quantitative estimate of drug-likeness (QED) is 0.785. The lowest BCUT2D eigenvalue weighted by atomic mass is 10.0. The standard InChI is InChI=1S/C17H20F2N2O2/c1-10-6-5-7-11-12-8-21(15(22)23-16(2,3)4)9-17(18,19)14(12)20-13(10)11/h5-7,20H,8-9H2,1-4H3. The van der Waals surface area contributed by atoms with Crippen LogP contribution in [0.15, 0.2) is 18.2 Å². The summed E-state index contributed by atoms with van der Waals surface area (Å²) < 4.78 is 34.3. The molecule has 0 saturated carbocycles. The predicted molar refractivity (Wildman–Crippen MR) is 83.6 cm³/mol. The molecule has 4 nitrogen and oxygen atoms in total. The molecule has 1 aliphatic rings. The van der Waals surface area contributed by atoms with Gasteiger partial charge in [-0.25, -0.2) is 4.79 Å². The van der Waals surface area contributed by atoms with Crippen LogP contribution in [0, 0.1) is 6.92 Å². The third-order valence-electron chi connectivity index (χ3n) is 3.91. The third kappa shape index (κ3) is 2.78. The van der Waals surface area contributed by atoms with Crippen LogP contribution in [0.25, 0.3) is 10.9 Å². The van der Waals surface area contributed by atoms with E-state index in [2.05, 4.69) is 4.98 Å². The van der Waals surface area contributed by atoms with Crippen molar-refractivity contribution in [1.82, 2.24) is 9.88 Å². The van der Waals surface area contributed by atoms with Gasteiger partial charge in [-0.05, 0) is 33.3 Å². The number of alkyl halides is 2. The zero-order valence-electron chi connectivity index (χ0n) is 13.7. The van der Waals surface area contributed by atoms with Crippen molar-refractivity contribution in [2.24, 2.45) is 0 Å². The zero-order chi connectivity index (χ0) is 17.0. The summed E-state index contributed by atoms with van der Waals surface area (Å²) in [5.74, 6) is -3.13. The number of aryl methyl sites for hydroxylation is 1. The van der Waals surface area contributed by atoms with Gasteiger partial charge < -0.3 is 9.72 Å². The van der Waals surface area contributed by atoms with Crippen molar-refractivity contribution >= 4 is 17.0 Å². The van der Waals surface area contributed by atoms with Gasteiger partial charge in [0.2, 0.25) is 0 Å². The summed E-state index contributed by atoms with van der Waals surface area (Å²) in [7, 11) is 0. The van der Waals surface area contributed by atoms with Gasteiger partial charge in [-0.2, -0.15) is 8.78 Å². The van der Waals surface area contributed by atoms with Gasteiger partial charge >= 0.3 is 12.0 Å². The fraction of sp³-hybridized carbons (Fsp3) is 0.471. The van der Waals surface area contributed by atoms with Crippen molar-refractivity contribution in [1.29, 1.82) is 0 Å². The number of H-pyrrole nitrogens is 1. The second kappa shape index (κ2) is 4.94. The maximum Gasteiger partial charge on any atom is 0.410 e. The number of carbonyl (C=O) groups is 1. The molecule has 124 valence electrons. The number of amides is 1. The van der Waals surface area contributed by atoms with Crippen molar-refractivity contribution in [3.8, 4) is 0 Å². The number of nitrogens with zero attached hydrogens (tertiary/aromatic N) is 1. The van der Waals surface area contributed by atoms with Gasteiger partial charge in [-0.15, -0.1) is 0 Å². The maximum atomic E-state index is 14.5. The van der Waals surface area contributed by atoms with Crippen molar-refractivity contribution in [2.75, 3.05) is 6.54 Å². The monoisotopic (exact) mass is 322 g/mol. The first-order chi connectivity index (χ1) is 10.6. The average Bonchev–Trinajstić information content (AvgIpc) is 2.77. The molecule has 2 aromatic rings. The van der Waals surface area contributed by atoms with Crippen LogP contribution in [0.3, 0.4) is 0 Å². The molecule has 0 aliphatic carbocycles. The van der Waals surface area contributed by atoms with Crippen molar-refractivity contribution in [3.05, 3.63) is 35.0 Å². The molecular formula is C17H20F2N2O2. The molecule has 0 unspecified atom stereocenters. The summed E-state index contributed by atoms with van der Waals surface area (Å²) in [6.07, 6.45) is -0.718. The Morgan fingerprint density at radius 1 is 1.35 bits per heavy atom. The first kappa shape index (κ1) is 15.8. The molecule has 1 aromatic heterocycles. The lowest BCUT2D eigenvalue weighted by Gasteiger charge is -2.34. The number of benzene rings is 1. The van der Waals surface area contributed by atoms with Crippen LogP contribution in [0.5, 0.6) is 0 Å². The van der Waals surface area contributed by atoms with E-state index in [4.69, 9.17) is 4.74 Å². The number of para-hydroxylation sites is 1. The Morgan fingerprint density at radius 2 is 2.04 bits per heavy atom. The molecule has 23 heavy (non-hydrogen) atoms. The third-order valence-corrected chi connectivity index (χ3v) is 3.91. The fourth-order valence-corrected chi connectivity index (χ4v) is 2.92. The van der Waals surface area contributed by atoms with Gasteiger partial charge in [0.1, 0.15) is 5.60 Å². The number of nitrogens with one attached hydrogen (secondary N) is 1. The molecule has 2 heterocycles. The normalized spacial score (nSPS) is 17.2. The van der Waals surface area contributed by atoms with E-state index in [0.717, 1.165) is 15.8 Å². The van der Waals surface area contributed by atoms with Crippen LogP contribution >= 0.6 is 0 Å². The number of rotatable bonds is 0. The Labute approximate surface area is 133 Å². The Kier molecular flexibility index (Phi) is 3.39. The molecule has 1 aromatic carbocycles. The van der Waals surface area contributed by atoms with E-state index in [-0.39, 0.29) is 12.2 Å². The Morgan fingerprint density at radius 3 is 2.70 bits per heavy atom. The van der Waals surface area contributed by atoms with Crippen molar-refractivity contribution in [3.63, 3.8) is 0 Å². The molecule has 1 N–H and O–H groups in total. The number of hydrogen-bond acceptors (Lipinski definition) is 2. The van der Waals surface area contributed by atoms with Gasteiger partial charge in [0, 0.05) is 16.5 Å². The molecule has 0 saturated heterocycles. The van der Waals surface area contributed by atoms with Crippen LogP contribution in [-0.4, -0.2) is 28.1 Å². The highest BCUT2D eigenvalue weighted by atomic mass is 19.3. The number of carbonyl (C=O) groups excluding carboxylic acids is 1. The lowest BCUT2D eigenvalue weighted by Crippen LogP contribution is -2.45. The second-order valence-electron chi connectivity index (χ2n) is 7.02. The predicted octanol–water partition coefficient (Wildman–Crippen LogP) is 4.32. The maximum absolute atomic E-state index is 14.5. The summed E-state index contributed by atoms with van der Waals surface area (Å²) in [5.41, 5.74) is 1.25. The summed E-state index contributed by atoms with van der Waals surface area (Å²) in [6, 6.07) is 5.50. The Balaban J connectivity index is 2.04. The SMILES string of the molecule is Cc1cccc2c3c([nH]c12)C(F)(F)CN(C(=O)OC(C)(C)C)C3. The van der Waals surface area contributed by atoms with E-state index in [9.17, 15) is 13.6 Å². The minimum Gasteiger partial charge on any atom is -0.444 e. The largest absolute Gasteiger partial charge is 0.444 e. The topological polar surface area (TPSA) is 45.3 Å². The number of fused-ring (bicyclic) bond motifs is 3. The van der Waals surface area contributed by atoms with Gasteiger partial charge in [0.15, 0.2) is 0 Å². The molecule has 3 rings (SSSR count). The Bertz CT molecular complexity index is 775. The number of hydrogen-bond donors (Lipinski definition) is 1. The van der Waals surface area contributed by atoms with E-state index < -0.39 is 24.2 Å². The van der Waals surface area contributed by atoms with Crippen LogP contribution in [0.2, 0.25) is 0 Å². The summed E-state index contributed by atoms with van der Waals surface area (Å²) >= 11 is 0. The summed E-state index contributed by atoms with van der Waals surface area (Å²) in [6.45, 7) is 6.45. The number of halogens is 2. The highest BCUT2D eigenvalue weighted by molar-refractivity contribution is 5.88. The van der Waals surface area contributed by atoms with Crippen LogP contribution < -0.4 is 0 Å². The molecule has 1 aliphatic heterocycles. The second-order valence-corrected chi connectivity index (χ2v) is 7.02. The lowest BCUT2D eigenvalue weighted by molar-refractivity contribution is -0.0614. The van der Waals surface area contributed by atoms with Gasteiger partial charge in [0.25, 0.3) is 0 Å². The highest BCUT2D eigenvalue weighted by Crippen LogP contribution is 2.40. The molecular weight excluding hydrogens is 302 g/mol. The number of aromatic amines is 1. The minimum atomic E-state index is -3.13. The zero-order valence-corrected chi connectivity index (χ0v) is 13.7. The van der Waals surface area contributed by atoms with Crippen LogP contribution in [-0.2, 0) is 17.2 Å². The molecule has 0 spiro atoms. The highest BCUT2D eigenvalue weighted by Gasteiger charge is 2.45. The van der Waals surface area contributed by atoms with Gasteiger partial charge in [-0.1, -0.05) is 18.2 Å². The molecule has 1 amide bonds. The number of ether oxygens (including phenoxy) is 1. The minimum absolute atomic E-state index is 0.0957. The molecule has 0 bridgehead atoms.